The second kappa shape index (κ2) is 9.29. The van der Waals surface area contributed by atoms with E-state index in [0.717, 1.165) is 12.2 Å². The van der Waals surface area contributed by atoms with Crippen molar-refractivity contribution in [1.29, 1.82) is 0 Å². The van der Waals surface area contributed by atoms with Crippen LogP contribution in [0.1, 0.15) is 0 Å². The van der Waals surface area contributed by atoms with E-state index in [1.54, 1.807) is 0 Å². The Balaban J connectivity index is 4.08. The molecule has 0 aromatic rings. The SMILES string of the molecule is C[Si](C)(C)C#CCOC(=O)/C=C/C(=O)OCC#C[Si](C)(C)C. The van der Waals surface area contributed by atoms with Crippen molar-refractivity contribution in [1.82, 2.24) is 0 Å². The first-order valence-corrected chi connectivity index (χ1v) is 14.0. The molecule has 4 nitrogen and oxygen atoms in total. The molecule has 0 saturated carbocycles. The molecule has 0 spiro atoms. The van der Waals surface area contributed by atoms with Crippen LogP contribution in [0.4, 0.5) is 0 Å². The monoisotopic (exact) mass is 336 g/mol. The molecule has 0 fully saturated rings. The summed E-state index contributed by atoms with van der Waals surface area (Å²) in [5.41, 5.74) is 6.15. The van der Waals surface area contributed by atoms with Gasteiger partial charge in [-0.05, 0) is 0 Å². The average Bonchev–Trinajstić information content (AvgIpc) is 2.35. The van der Waals surface area contributed by atoms with E-state index in [-0.39, 0.29) is 13.2 Å². The van der Waals surface area contributed by atoms with Gasteiger partial charge in [-0.15, -0.1) is 11.1 Å². The molecule has 0 aromatic heterocycles. The van der Waals surface area contributed by atoms with Gasteiger partial charge in [-0.3, -0.25) is 0 Å². The largest absolute Gasteiger partial charge is 0.449 e. The number of carbonyl (C=O) groups excluding carboxylic acids is 2. The van der Waals surface area contributed by atoms with Gasteiger partial charge in [0.25, 0.3) is 0 Å². The molecule has 0 N–H and O–H groups in total. The van der Waals surface area contributed by atoms with Crippen LogP contribution in [0.5, 0.6) is 0 Å². The van der Waals surface area contributed by atoms with Crippen molar-refractivity contribution in [3.63, 3.8) is 0 Å². The van der Waals surface area contributed by atoms with Gasteiger partial charge in [0.2, 0.25) is 0 Å². The first-order chi connectivity index (χ1) is 9.99. The normalized spacial score (nSPS) is 11.0. The fourth-order valence-electron chi connectivity index (χ4n) is 1.05. The maximum Gasteiger partial charge on any atom is 0.331 e. The highest BCUT2D eigenvalue weighted by molar-refractivity contribution is 6.84. The summed E-state index contributed by atoms with van der Waals surface area (Å²) in [7, 11) is -2.90. The Morgan fingerprint density at radius 3 is 1.36 bits per heavy atom. The van der Waals surface area contributed by atoms with E-state index in [2.05, 4.69) is 62.2 Å². The standard InChI is InChI=1S/C16H24O4Si2/c1-21(2,3)13-7-11-19-15(17)9-10-16(18)20-12-8-14-22(4,5)6/h9-10H,11-12H2,1-6H3/b10-9+. The Hall–Kier alpha value is -1.77. The Morgan fingerprint density at radius 1 is 0.773 bits per heavy atom. The van der Waals surface area contributed by atoms with Gasteiger partial charge in [-0.25, -0.2) is 9.59 Å². The summed E-state index contributed by atoms with van der Waals surface area (Å²) in [5.74, 6) is 4.38. The molecule has 0 saturated heterocycles. The van der Waals surface area contributed by atoms with Crippen LogP contribution in [-0.2, 0) is 19.1 Å². The number of ether oxygens (including phenoxy) is 2. The van der Waals surface area contributed by atoms with Crippen LogP contribution in [0.2, 0.25) is 39.3 Å². The van der Waals surface area contributed by atoms with Crippen LogP contribution in [0.3, 0.4) is 0 Å². The van der Waals surface area contributed by atoms with Crippen molar-refractivity contribution >= 4 is 28.1 Å². The Bertz CT molecular complexity index is 493. The van der Waals surface area contributed by atoms with Crippen LogP contribution in [0.15, 0.2) is 12.2 Å². The molecule has 0 unspecified atom stereocenters. The van der Waals surface area contributed by atoms with Crippen LogP contribution in [0.25, 0.3) is 0 Å². The van der Waals surface area contributed by atoms with Gasteiger partial charge in [-0.1, -0.05) is 51.1 Å². The van der Waals surface area contributed by atoms with Gasteiger partial charge in [0.1, 0.15) is 16.1 Å². The van der Waals surface area contributed by atoms with Crippen molar-refractivity contribution < 1.29 is 19.1 Å². The number of hydrogen-bond donors (Lipinski definition) is 0. The maximum absolute atomic E-state index is 11.3. The van der Waals surface area contributed by atoms with Gasteiger partial charge in [0.05, 0.1) is 0 Å². The second-order valence-corrected chi connectivity index (χ2v) is 16.2. The van der Waals surface area contributed by atoms with Crippen LogP contribution in [-0.4, -0.2) is 41.3 Å². The quantitative estimate of drug-likeness (QED) is 0.342. The van der Waals surface area contributed by atoms with E-state index < -0.39 is 28.1 Å². The molecule has 0 aliphatic heterocycles. The lowest BCUT2D eigenvalue weighted by atomic mass is 10.5. The van der Waals surface area contributed by atoms with E-state index in [4.69, 9.17) is 9.47 Å². The summed E-state index contributed by atoms with van der Waals surface area (Å²) in [6.45, 7) is 12.7. The highest BCUT2D eigenvalue weighted by Gasteiger charge is 2.08. The fourth-order valence-corrected chi connectivity index (χ4v) is 2.25. The number of hydrogen-bond acceptors (Lipinski definition) is 4. The van der Waals surface area contributed by atoms with Crippen molar-refractivity contribution in [3.8, 4) is 22.9 Å². The zero-order valence-electron chi connectivity index (χ0n) is 14.2. The van der Waals surface area contributed by atoms with E-state index in [0.29, 0.717) is 0 Å². The molecular formula is C16H24O4Si2. The van der Waals surface area contributed by atoms with Gasteiger partial charge >= 0.3 is 11.9 Å². The fraction of sp³-hybridized carbons (Fsp3) is 0.500. The third-order valence-electron chi connectivity index (χ3n) is 1.86. The Kier molecular flexibility index (Phi) is 8.55. The smallest absolute Gasteiger partial charge is 0.331 e. The van der Waals surface area contributed by atoms with Gasteiger partial charge in [0.15, 0.2) is 13.2 Å². The summed E-state index contributed by atoms with van der Waals surface area (Å²) in [5, 5.41) is 0. The van der Waals surface area contributed by atoms with Crippen LogP contribution >= 0.6 is 0 Å². The molecule has 0 radical (unpaired) electrons. The molecule has 0 atom stereocenters. The maximum atomic E-state index is 11.3. The first kappa shape index (κ1) is 20.2. The third kappa shape index (κ3) is 14.6. The molecule has 0 amide bonds. The summed E-state index contributed by atoms with van der Waals surface area (Å²) in [6.07, 6.45) is 2.06. The molecule has 0 aliphatic rings. The highest BCUT2D eigenvalue weighted by Crippen LogP contribution is 1.96. The zero-order valence-corrected chi connectivity index (χ0v) is 16.2. The topological polar surface area (TPSA) is 52.6 Å². The molecule has 0 rings (SSSR count). The number of esters is 2. The van der Waals surface area contributed by atoms with Crippen LogP contribution in [0, 0.1) is 22.9 Å². The van der Waals surface area contributed by atoms with Gasteiger partial charge in [-0.2, -0.15) is 0 Å². The minimum absolute atomic E-state index is 0.0319. The van der Waals surface area contributed by atoms with Crippen molar-refractivity contribution in [2.24, 2.45) is 0 Å². The molecule has 0 heterocycles. The summed E-state index contributed by atoms with van der Waals surface area (Å²) in [6, 6.07) is 0. The van der Waals surface area contributed by atoms with Gasteiger partial charge < -0.3 is 9.47 Å². The summed E-state index contributed by atoms with van der Waals surface area (Å²) >= 11 is 0. The molecule has 0 aliphatic carbocycles. The summed E-state index contributed by atoms with van der Waals surface area (Å²) < 4.78 is 9.70. The molecule has 22 heavy (non-hydrogen) atoms. The van der Waals surface area contributed by atoms with Crippen molar-refractivity contribution in [3.05, 3.63) is 12.2 Å². The van der Waals surface area contributed by atoms with Crippen LogP contribution < -0.4 is 0 Å². The van der Waals surface area contributed by atoms with Gasteiger partial charge in [0, 0.05) is 12.2 Å². The predicted octanol–water partition coefficient (Wildman–Crippen LogP) is 2.39. The highest BCUT2D eigenvalue weighted by atomic mass is 28.3. The minimum atomic E-state index is -1.45. The average molecular weight is 337 g/mol. The lowest BCUT2D eigenvalue weighted by Crippen LogP contribution is -2.17. The van der Waals surface area contributed by atoms with Crippen molar-refractivity contribution in [2.75, 3.05) is 13.2 Å². The predicted molar refractivity (Wildman–Crippen MR) is 93.3 cm³/mol. The number of rotatable bonds is 4. The van der Waals surface area contributed by atoms with E-state index in [9.17, 15) is 9.59 Å². The molecular weight excluding hydrogens is 312 g/mol. The van der Waals surface area contributed by atoms with E-state index in [1.807, 2.05) is 0 Å². The number of carbonyl (C=O) groups is 2. The van der Waals surface area contributed by atoms with E-state index in [1.165, 1.54) is 0 Å². The van der Waals surface area contributed by atoms with Crippen molar-refractivity contribution in [2.45, 2.75) is 39.3 Å². The molecule has 120 valence electrons. The third-order valence-corrected chi connectivity index (χ3v) is 3.71. The minimum Gasteiger partial charge on any atom is -0.449 e. The molecule has 0 aromatic carbocycles. The second-order valence-electron chi connectivity index (χ2n) is 6.65. The summed E-state index contributed by atoms with van der Waals surface area (Å²) in [4.78, 5) is 22.7. The Morgan fingerprint density at radius 2 is 1.09 bits per heavy atom. The molecule has 6 heteroatoms. The molecule has 0 bridgehead atoms. The zero-order chi connectivity index (χ0) is 17.2. The van der Waals surface area contributed by atoms with E-state index >= 15 is 0 Å². The lowest BCUT2D eigenvalue weighted by Gasteiger charge is -2.03. The first-order valence-electron chi connectivity index (χ1n) is 7.01. The lowest BCUT2D eigenvalue weighted by molar-refractivity contribution is -0.139. The Labute approximate surface area is 135 Å².